The predicted octanol–water partition coefficient (Wildman–Crippen LogP) is 6.05. The number of pyridine rings is 1. The van der Waals surface area contributed by atoms with Gasteiger partial charge in [0, 0.05) is 51.8 Å². The molecule has 204 valence electrons. The molecule has 4 aliphatic rings. The highest BCUT2D eigenvalue weighted by atomic mass is 35.5. The van der Waals surface area contributed by atoms with Crippen LogP contribution < -0.4 is 4.74 Å². The zero-order chi connectivity index (χ0) is 27.5. The molecule has 0 N–H and O–H groups in total. The van der Waals surface area contributed by atoms with Crippen LogP contribution in [0.25, 0.3) is 21.3 Å². The summed E-state index contributed by atoms with van der Waals surface area (Å²) in [4.78, 5) is 32.9. The SMILES string of the molecule is Cn1nc2c(c1[C@H]1Cc3cc(Cl)cc(-c4ccnc5cc(CN6C(=O)C7C(C6=O)C7(C)C)sc45)c3O1)CCCC2. The van der Waals surface area contributed by atoms with Gasteiger partial charge in [0.05, 0.1) is 40.0 Å². The van der Waals surface area contributed by atoms with Gasteiger partial charge in [-0.15, -0.1) is 11.3 Å². The van der Waals surface area contributed by atoms with E-state index < -0.39 is 0 Å². The number of thiophene rings is 1. The molecular formula is C31H29ClN4O3S. The van der Waals surface area contributed by atoms with E-state index in [9.17, 15) is 9.59 Å². The Morgan fingerprint density at radius 1 is 1.10 bits per heavy atom. The fourth-order valence-corrected chi connectivity index (χ4v) is 8.75. The average molecular weight is 573 g/mol. The Labute approximate surface area is 241 Å². The lowest BCUT2D eigenvalue weighted by atomic mass is 9.93. The van der Waals surface area contributed by atoms with Crippen LogP contribution in [0.1, 0.15) is 60.2 Å². The first-order valence-electron chi connectivity index (χ1n) is 14.0. The van der Waals surface area contributed by atoms with Gasteiger partial charge < -0.3 is 4.74 Å². The molecule has 2 fully saturated rings. The van der Waals surface area contributed by atoms with Crippen molar-refractivity contribution in [2.45, 2.75) is 58.6 Å². The minimum Gasteiger partial charge on any atom is -0.483 e. The Bertz CT molecular complexity index is 1750. The number of piperidine rings is 1. The summed E-state index contributed by atoms with van der Waals surface area (Å²) in [5.74, 6) is 0.416. The molecule has 3 atom stereocenters. The lowest BCUT2D eigenvalue weighted by Crippen LogP contribution is -2.35. The van der Waals surface area contributed by atoms with Crippen molar-refractivity contribution in [2.24, 2.45) is 24.3 Å². The summed E-state index contributed by atoms with van der Waals surface area (Å²) in [6, 6.07) is 7.98. The molecule has 1 saturated heterocycles. The van der Waals surface area contributed by atoms with Gasteiger partial charge in [-0.3, -0.25) is 24.2 Å². The lowest BCUT2D eigenvalue weighted by Gasteiger charge is -2.19. The first-order valence-corrected chi connectivity index (χ1v) is 15.2. The maximum absolute atomic E-state index is 12.9. The van der Waals surface area contributed by atoms with Gasteiger partial charge in [0.15, 0.2) is 0 Å². The van der Waals surface area contributed by atoms with E-state index in [1.54, 1.807) is 17.5 Å². The van der Waals surface area contributed by atoms with Gasteiger partial charge in [-0.2, -0.15) is 5.10 Å². The summed E-state index contributed by atoms with van der Waals surface area (Å²) in [5, 5.41) is 5.49. The number of imide groups is 1. The number of nitrogens with zero attached hydrogens (tertiary/aromatic N) is 4. The van der Waals surface area contributed by atoms with Crippen LogP contribution in [0.3, 0.4) is 0 Å². The third kappa shape index (κ3) is 3.41. The van der Waals surface area contributed by atoms with E-state index in [1.165, 1.54) is 34.7 Å². The van der Waals surface area contributed by atoms with Crippen LogP contribution in [-0.4, -0.2) is 31.5 Å². The van der Waals surface area contributed by atoms with Crippen LogP contribution in [0.15, 0.2) is 30.5 Å². The maximum atomic E-state index is 12.9. The van der Waals surface area contributed by atoms with Gasteiger partial charge in [0.1, 0.15) is 11.9 Å². The minimum atomic E-state index is -0.209. The first kappa shape index (κ1) is 24.6. The number of fused-ring (bicyclic) bond motifs is 4. The summed E-state index contributed by atoms with van der Waals surface area (Å²) in [7, 11) is 2.02. The molecule has 1 aromatic carbocycles. The number of aromatic nitrogens is 3. The quantitative estimate of drug-likeness (QED) is 0.278. The molecular weight excluding hydrogens is 544 g/mol. The van der Waals surface area contributed by atoms with Gasteiger partial charge in [-0.05, 0) is 55.4 Å². The molecule has 2 unspecified atom stereocenters. The molecule has 2 aliphatic carbocycles. The number of carbonyl (C=O) groups is 2. The Kier molecular flexibility index (Phi) is 5.15. The number of halogens is 1. The first-order chi connectivity index (χ1) is 19.2. The van der Waals surface area contributed by atoms with Crippen molar-refractivity contribution < 1.29 is 14.3 Å². The molecule has 1 saturated carbocycles. The van der Waals surface area contributed by atoms with Crippen molar-refractivity contribution in [3.8, 4) is 16.9 Å². The maximum Gasteiger partial charge on any atom is 0.234 e. The number of hydrogen-bond donors (Lipinski definition) is 0. The molecule has 4 aromatic rings. The summed E-state index contributed by atoms with van der Waals surface area (Å²) >= 11 is 8.25. The number of aryl methyl sites for hydroxylation is 2. The van der Waals surface area contributed by atoms with Gasteiger partial charge in [0.25, 0.3) is 0 Å². The number of benzene rings is 1. The molecule has 0 spiro atoms. The second-order valence-corrected chi connectivity index (χ2v) is 13.8. The highest BCUT2D eigenvalue weighted by Crippen LogP contribution is 2.63. The van der Waals surface area contributed by atoms with Crippen molar-refractivity contribution in [1.82, 2.24) is 19.7 Å². The fourth-order valence-electron chi connectivity index (χ4n) is 7.38. The number of ether oxygens (including phenoxy) is 1. The topological polar surface area (TPSA) is 77.3 Å². The van der Waals surface area contributed by atoms with Crippen LogP contribution >= 0.6 is 22.9 Å². The largest absolute Gasteiger partial charge is 0.483 e. The average Bonchev–Trinajstić information content (AvgIpc) is 3.41. The lowest BCUT2D eigenvalue weighted by molar-refractivity contribution is -0.143. The van der Waals surface area contributed by atoms with E-state index in [0.29, 0.717) is 11.6 Å². The van der Waals surface area contributed by atoms with E-state index in [-0.39, 0.29) is 35.2 Å². The Hall–Kier alpha value is -3.23. The van der Waals surface area contributed by atoms with Crippen LogP contribution in [0.4, 0.5) is 0 Å². The second kappa shape index (κ2) is 8.40. The molecule has 2 amide bonds. The highest BCUT2D eigenvalue weighted by molar-refractivity contribution is 7.19. The third-order valence-electron chi connectivity index (χ3n) is 9.43. The van der Waals surface area contributed by atoms with Crippen LogP contribution in [0, 0.1) is 17.3 Å². The van der Waals surface area contributed by atoms with E-state index >= 15 is 0 Å². The normalized spacial score (nSPS) is 24.3. The molecule has 5 heterocycles. The summed E-state index contributed by atoms with van der Waals surface area (Å²) in [6.45, 7) is 4.30. The van der Waals surface area contributed by atoms with Gasteiger partial charge >= 0.3 is 0 Å². The van der Waals surface area contributed by atoms with Crippen molar-refractivity contribution >= 4 is 45.0 Å². The molecule has 0 bridgehead atoms. The number of hydrogen-bond acceptors (Lipinski definition) is 6. The minimum absolute atomic E-state index is 0.0462. The number of carbonyl (C=O) groups excluding carboxylic acids is 2. The Balaban J connectivity index is 1.15. The smallest absolute Gasteiger partial charge is 0.234 e. The zero-order valence-corrected chi connectivity index (χ0v) is 24.2. The van der Waals surface area contributed by atoms with E-state index in [1.807, 2.05) is 49.8 Å². The zero-order valence-electron chi connectivity index (χ0n) is 22.7. The fraction of sp³-hybridized carbons (Fsp3) is 0.419. The van der Waals surface area contributed by atoms with E-state index in [2.05, 4.69) is 4.98 Å². The molecule has 8 rings (SSSR count). The van der Waals surface area contributed by atoms with Crippen LogP contribution in [0.2, 0.25) is 5.02 Å². The molecule has 2 aliphatic heterocycles. The number of rotatable bonds is 4. The molecule has 0 radical (unpaired) electrons. The monoisotopic (exact) mass is 572 g/mol. The van der Waals surface area contributed by atoms with Crippen LogP contribution in [-0.2, 0) is 42.4 Å². The van der Waals surface area contributed by atoms with Gasteiger partial charge in [-0.1, -0.05) is 25.4 Å². The standard InChI is InChI=1S/C31H29ClN4O3S/c1-31(2)24-25(31)30(38)36(29(24)37)14-17-13-22-28(40-17)18(8-9-33-22)20-12-16(32)10-15-11-23(39-27(15)20)26-19-6-4-5-7-21(19)34-35(26)3/h8-10,12-13,23-25H,4-7,11,14H2,1-3H3/t23-,24?,25?/m1/s1. The predicted molar refractivity (Wildman–Crippen MR) is 153 cm³/mol. The summed E-state index contributed by atoms with van der Waals surface area (Å²) < 4.78 is 9.74. The molecule has 3 aromatic heterocycles. The third-order valence-corrected chi connectivity index (χ3v) is 10.8. The van der Waals surface area contributed by atoms with Gasteiger partial charge in [-0.25, -0.2) is 0 Å². The highest BCUT2D eigenvalue weighted by Gasteiger charge is 2.72. The van der Waals surface area contributed by atoms with Crippen molar-refractivity contribution in [2.75, 3.05) is 0 Å². The van der Waals surface area contributed by atoms with Crippen molar-refractivity contribution in [3.05, 3.63) is 62.9 Å². The van der Waals surface area contributed by atoms with E-state index in [0.717, 1.165) is 56.8 Å². The number of likely N-dealkylation sites (tertiary alicyclic amines) is 1. The summed E-state index contributed by atoms with van der Waals surface area (Å²) in [6.07, 6.45) is 6.90. The molecule has 7 nitrogen and oxygen atoms in total. The van der Waals surface area contributed by atoms with E-state index in [4.69, 9.17) is 21.4 Å². The second-order valence-electron chi connectivity index (χ2n) is 12.2. The van der Waals surface area contributed by atoms with Crippen molar-refractivity contribution in [3.63, 3.8) is 0 Å². The summed E-state index contributed by atoms with van der Waals surface area (Å²) in [5.41, 5.74) is 7.39. The Morgan fingerprint density at radius 3 is 2.67 bits per heavy atom. The number of amides is 2. The molecule has 40 heavy (non-hydrogen) atoms. The van der Waals surface area contributed by atoms with Crippen molar-refractivity contribution in [1.29, 1.82) is 0 Å². The molecule has 9 heteroatoms. The Morgan fingerprint density at radius 2 is 1.88 bits per heavy atom. The van der Waals surface area contributed by atoms with Gasteiger partial charge in [0.2, 0.25) is 11.8 Å². The van der Waals surface area contributed by atoms with Crippen LogP contribution in [0.5, 0.6) is 5.75 Å².